The van der Waals surface area contributed by atoms with Gasteiger partial charge in [0.25, 0.3) is 5.91 Å². The Kier molecular flexibility index (Phi) is 6.79. The van der Waals surface area contributed by atoms with Gasteiger partial charge in [-0.05, 0) is 36.0 Å². The van der Waals surface area contributed by atoms with E-state index in [-0.39, 0.29) is 23.9 Å². The molecule has 0 bridgehead atoms. The standard InChI is InChI=1S/C24H24N4O4S/c1-15(2)23-27-28-21(25)17(22(29)26-24(28)33-23)14-16-8-4-5-9-18(16)31-12-13-32-20-11-7-6-10-19(20)30-3/h4-11,14-15,25H,12-13H2,1-3H3/b17-14+,25-21?. The maximum absolute atomic E-state index is 12.7. The van der Waals surface area contributed by atoms with Gasteiger partial charge in [-0.3, -0.25) is 10.2 Å². The minimum Gasteiger partial charge on any atom is -0.493 e. The Bertz CT molecular complexity index is 1170. The molecule has 0 atom stereocenters. The predicted octanol–water partition coefficient (Wildman–Crippen LogP) is 4.43. The molecule has 8 nitrogen and oxygen atoms in total. The second-order valence-electron chi connectivity index (χ2n) is 7.50. The van der Waals surface area contributed by atoms with Crippen LogP contribution in [0.5, 0.6) is 17.2 Å². The first-order valence-electron chi connectivity index (χ1n) is 10.5. The number of aliphatic imine (C=N–C) groups is 1. The number of nitrogens with zero attached hydrogens (tertiary/aromatic N) is 3. The molecular formula is C24H24N4O4S. The van der Waals surface area contributed by atoms with Gasteiger partial charge < -0.3 is 14.2 Å². The molecule has 4 rings (SSSR count). The van der Waals surface area contributed by atoms with Crippen LogP contribution in [-0.2, 0) is 4.79 Å². The zero-order chi connectivity index (χ0) is 23.4. The number of amides is 1. The summed E-state index contributed by atoms with van der Waals surface area (Å²) in [5.41, 5.74) is 0.830. The number of benzene rings is 2. The van der Waals surface area contributed by atoms with E-state index in [2.05, 4.69) is 10.1 Å². The van der Waals surface area contributed by atoms with Crippen LogP contribution in [0.15, 0.2) is 64.2 Å². The van der Waals surface area contributed by atoms with Crippen molar-refractivity contribution in [3.63, 3.8) is 0 Å². The summed E-state index contributed by atoms with van der Waals surface area (Å²) < 4.78 is 16.9. The molecule has 0 saturated heterocycles. The molecule has 0 radical (unpaired) electrons. The van der Waals surface area contributed by atoms with E-state index in [1.54, 1.807) is 13.2 Å². The molecule has 0 fully saturated rings. The van der Waals surface area contributed by atoms with Gasteiger partial charge in [0.1, 0.15) is 24.0 Å². The summed E-state index contributed by atoms with van der Waals surface area (Å²) in [7, 11) is 1.59. The van der Waals surface area contributed by atoms with Crippen LogP contribution in [0.2, 0.25) is 0 Å². The Morgan fingerprint density at radius 1 is 1.03 bits per heavy atom. The van der Waals surface area contributed by atoms with Crippen LogP contribution in [0.1, 0.15) is 19.4 Å². The molecule has 2 heterocycles. The molecule has 9 heteroatoms. The van der Waals surface area contributed by atoms with Gasteiger partial charge in [0.2, 0.25) is 5.17 Å². The minimum atomic E-state index is -0.465. The lowest BCUT2D eigenvalue weighted by molar-refractivity contribution is -0.114. The largest absolute Gasteiger partial charge is 0.493 e. The fourth-order valence-corrected chi connectivity index (χ4v) is 4.06. The lowest BCUT2D eigenvalue weighted by atomic mass is 10.1. The zero-order valence-electron chi connectivity index (χ0n) is 18.6. The summed E-state index contributed by atoms with van der Waals surface area (Å²) in [6.07, 6.45) is 1.62. The van der Waals surface area contributed by atoms with E-state index < -0.39 is 5.91 Å². The summed E-state index contributed by atoms with van der Waals surface area (Å²) in [5, 5.41) is 15.6. The molecular weight excluding hydrogens is 440 g/mol. The minimum absolute atomic E-state index is 0.00228. The molecule has 170 valence electrons. The topological polar surface area (TPSA) is 96.6 Å². The number of carbonyl (C=O) groups excluding carboxylic acids is 1. The fraction of sp³-hybridized carbons (Fsp3) is 0.250. The average molecular weight is 465 g/mol. The molecule has 33 heavy (non-hydrogen) atoms. The van der Waals surface area contributed by atoms with Crippen LogP contribution < -0.4 is 14.2 Å². The number of carbonyl (C=O) groups is 1. The van der Waals surface area contributed by atoms with Crippen LogP contribution in [0, 0.1) is 11.3 Å². The Balaban J connectivity index is 1.47. The van der Waals surface area contributed by atoms with E-state index in [1.165, 1.54) is 16.8 Å². The first-order chi connectivity index (χ1) is 16.0. The number of para-hydroxylation sites is 3. The van der Waals surface area contributed by atoms with Crippen LogP contribution in [0.4, 0.5) is 0 Å². The lowest BCUT2D eigenvalue weighted by Gasteiger charge is -2.20. The van der Waals surface area contributed by atoms with E-state index >= 15 is 0 Å². The Hall–Kier alpha value is -3.59. The second-order valence-corrected chi connectivity index (χ2v) is 8.49. The fourth-order valence-electron chi connectivity index (χ4n) is 3.17. The number of rotatable bonds is 8. The van der Waals surface area contributed by atoms with E-state index in [0.717, 1.165) is 5.04 Å². The highest BCUT2D eigenvalue weighted by molar-refractivity contribution is 8.27. The maximum atomic E-state index is 12.7. The predicted molar refractivity (Wildman–Crippen MR) is 130 cm³/mol. The summed E-state index contributed by atoms with van der Waals surface area (Å²) in [4.78, 5) is 16.8. The number of hydrogen-bond donors (Lipinski definition) is 1. The molecule has 2 aromatic carbocycles. The molecule has 0 aromatic heterocycles. The summed E-state index contributed by atoms with van der Waals surface area (Å²) >= 11 is 1.33. The van der Waals surface area contributed by atoms with Crippen LogP contribution in [0.3, 0.4) is 0 Å². The van der Waals surface area contributed by atoms with Gasteiger partial charge in [0.15, 0.2) is 17.3 Å². The van der Waals surface area contributed by atoms with Crippen molar-refractivity contribution in [2.75, 3.05) is 20.3 Å². The van der Waals surface area contributed by atoms with E-state index in [1.807, 2.05) is 62.4 Å². The number of fused-ring (bicyclic) bond motifs is 1. The molecule has 0 aliphatic carbocycles. The third kappa shape index (κ3) is 4.93. The Morgan fingerprint density at radius 3 is 2.36 bits per heavy atom. The Morgan fingerprint density at radius 2 is 1.67 bits per heavy atom. The highest BCUT2D eigenvalue weighted by Crippen LogP contribution is 2.32. The van der Waals surface area contributed by atoms with Crippen molar-refractivity contribution < 1.29 is 19.0 Å². The molecule has 1 amide bonds. The molecule has 2 aliphatic heterocycles. The van der Waals surface area contributed by atoms with Crippen LogP contribution >= 0.6 is 11.8 Å². The highest BCUT2D eigenvalue weighted by atomic mass is 32.2. The van der Waals surface area contributed by atoms with Crippen LogP contribution in [0.25, 0.3) is 6.08 Å². The van der Waals surface area contributed by atoms with Gasteiger partial charge in [-0.2, -0.15) is 15.1 Å². The average Bonchev–Trinajstić information content (AvgIpc) is 3.25. The smallest absolute Gasteiger partial charge is 0.283 e. The number of thioether (sulfide) groups is 1. The Labute approximate surface area is 196 Å². The molecule has 2 aliphatic rings. The van der Waals surface area contributed by atoms with Gasteiger partial charge in [-0.25, -0.2) is 0 Å². The first-order valence-corrected chi connectivity index (χ1v) is 11.3. The van der Waals surface area contributed by atoms with Crippen molar-refractivity contribution in [2.45, 2.75) is 13.8 Å². The monoisotopic (exact) mass is 464 g/mol. The highest BCUT2D eigenvalue weighted by Gasteiger charge is 2.36. The van der Waals surface area contributed by atoms with Crippen molar-refractivity contribution >= 4 is 39.8 Å². The third-order valence-corrected chi connectivity index (χ3v) is 6.06. The first kappa shape index (κ1) is 22.6. The number of nitrogens with one attached hydrogen (secondary N) is 1. The summed E-state index contributed by atoms with van der Waals surface area (Å²) in [6.45, 7) is 4.62. The number of methoxy groups -OCH3 is 1. The summed E-state index contributed by atoms with van der Waals surface area (Å²) in [5.74, 6) is 1.59. The number of amidine groups is 2. The van der Waals surface area contributed by atoms with Gasteiger partial charge in [0, 0.05) is 11.5 Å². The molecule has 1 N–H and O–H groups in total. The van der Waals surface area contributed by atoms with E-state index in [0.29, 0.717) is 34.6 Å². The lowest BCUT2D eigenvalue weighted by Crippen LogP contribution is -2.35. The molecule has 0 spiro atoms. The molecule has 0 saturated carbocycles. The second kappa shape index (κ2) is 9.91. The normalized spacial score (nSPS) is 16.6. The number of ether oxygens (including phenoxy) is 3. The molecule has 2 aromatic rings. The third-order valence-electron chi connectivity index (χ3n) is 4.85. The van der Waals surface area contributed by atoms with Crippen molar-refractivity contribution in [3.05, 3.63) is 59.7 Å². The molecule has 0 unspecified atom stereocenters. The SMILES string of the molecule is COc1ccccc1OCCOc1ccccc1/C=C1\C(=N)N2N=C(C(C)C)SC2=NC1=O. The number of hydrazone groups is 1. The number of hydrogen-bond acceptors (Lipinski definition) is 7. The van der Waals surface area contributed by atoms with Crippen molar-refractivity contribution in [1.82, 2.24) is 5.01 Å². The summed E-state index contributed by atoms with van der Waals surface area (Å²) in [6, 6.07) is 14.7. The van der Waals surface area contributed by atoms with Crippen molar-refractivity contribution in [3.8, 4) is 17.2 Å². The van der Waals surface area contributed by atoms with E-state index in [9.17, 15) is 4.79 Å². The van der Waals surface area contributed by atoms with Gasteiger partial charge >= 0.3 is 0 Å². The maximum Gasteiger partial charge on any atom is 0.283 e. The van der Waals surface area contributed by atoms with Crippen LogP contribution in [-0.4, -0.2) is 47.3 Å². The van der Waals surface area contributed by atoms with E-state index in [4.69, 9.17) is 19.6 Å². The quantitative estimate of drug-likeness (QED) is 0.459. The van der Waals surface area contributed by atoms with Gasteiger partial charge in [-0.1, -0.05) is 44.2 Å². The van der Waals surface area contributed by atoms with Gasteiger partial charge in [-0.15, -0.1) is 0 Å². The zero-order valence-corrected chi connectivity index (χ0v) is 19.4. The van der Waals surface area contributed by atoms with Gasteiger partial charge in [0.05, 0.1) is 12.7 Å². The van der Waals surface area contributed by atoms with Crippen molar-refractivity contribution in [1.29, 1.82) is 5.41 Å². The van der Waals surface area contributed by atoms with Crippen molar-refractivity contribution in [2.24, 2.45) is 16.0 Å².